The van der Waals surface area contributed by atoms with Crippen molar-refractivity contribution in [3.8, 4) is 11.6 Å². The molecule has 3 N–H and O–H groups in total. The molecule has 0 fully saturated rings. The van der Waals surface area contributed by atoms with E-state index >= 15 is 0 Å². The summed E-state index contributed by atoms with van der Waals surface area (Å²) in [5.41, 5.74) is 5.53. The molecule has 2 aromatic rings. The number of para-hydroxylation sites is 2. The molecule has 17 heavy (non-hydrogen) atoms. The van der Waals surface area contributed by atoms with E-state index in [9.17, 15) is 4.79 Å². The van der Waals surface area contributed by atoms with Gasteiger partial charge < -0.3 is 15.8 Å². The van der Waals surface area contributed by atoms with E-state index in [4.69, 9.17) is 10.5 Å². The predicted octanol–water partition coefficient (Wildman–Crippen LogP) is 1.76. The Labute approximate surface area is 97.5 Å². The Morgan fingerprint density at radius 1 is 1.29 bits per heavy atom. The Morgan fingerprint density at radius 2 is 2.12 bits per heavy atom. The Balaban J connectivity index is 2.23. The lowest BCUT2D eigenvalue weighted by Gasteiger charge is -2.09. The van der Waals surface area contributed by atoms with E-state index in [-0.39, 0.29) is 0 Å². The maximum Gasteiger partial charge on any atom is 0.316 e. The van der Waals surface area contributed by atoms with Crippen LogP contribution in [0.15, 0.2) is 42.9 Å². The highest BCUT2D eigenvalue weighted by molar-refractivity contribution is 5.89. The highest BCUT2D eigenvalue weighted by Crippen LogP contribution is 2.27. The van der Waals surface area contributed by atoms with Gasteiger partial charge in [0, 0.05) is 12.4 Å². The first-order chi connectivity index (χ1) is 8.25. The van der Waals surface area contributed by atoms with Gasteiger partial charge in [0.15, 0.2) is 5.75 Å². The second kappa shape index (κ2) is 4.93. The van der Waals surface area contributed by atoms with Crippen molar-refractivity contribution in [1.82, 2.24) is 9.97 Å². The summed E-state index contributed by atoms with van der Waals surface area (Å²) in [4.78, 5) is 18.6. The number of hydrogen-bond acceptors (Lipinski definition) is 4. The van der Waals surface area contributed by atoms with Gasteiger partial charge in [0.1, 0.15) is 0 Å². The van der Waals surface area contributed by atoms with Gasteiger partial charge in [0.05, 0.1) is 11.9 Å². The summed E-state index contributed by atoms with van der Waals surface area (Å²) < 4.78 is 5.47. The number of hydrogen-bond donors (Lipinski definition) is 2. The van der Waals surface area contributed by atoms with Crippen LogP contribution in [0.25, 0.3) is 0 Å². The molecule has 1 aromatic carbocycles. The smallest absolute Gasteiger partial charge is 0.316 e. The van der Waals surface area contributed by atoms with Crippen LogP contribution in [0, 0.1) is 0 Å². The first kappa shape index (κ1) is 10.9. The standard InChI is InChI=1S/C11H10N4O2/c12-11(16)15-8-3-1-2-4-9(8)17-10-7-13-5-6-14-10/h1-7H,(H3,12,15,16). The highest BCUT2D eigenvalue weighted by Gasteiger charge is 2.06. The lowest BCUT2D eigenvalue weighted by atomic mass is 10.3. The third kappa shape index (κ3) is 2.91. The number of rotatable bonds is 3. The number of urea groups is 1. The number of anilines is 1. The van der Waals surface area contributed by atoms with E-state index in [1.54, 1.807) is 30.5 Å². The first-order valence-electron chi connectivity index (χ1n) is 4.85. The van der Waals surface area contributed by atoms with Crippen molar-refractivity contribution in [3.05, 3.63) is 42.9 Å². The maximum atomic E-state index is 10.8. The van der Waals surface area contributed by atoms with Crippen LogP contribution in [-0.4, -0.2) is 16.0 Å². The van der Waals surface area contributed by atoms with Gasteiger partial charge in [-0.2, -0.15) is 0 Å². The summed E-state index contributed by atoms with van der Waals surface area (Å²) in [5, 5.41) is 2.46. The Bertz CT molecular complexity index is 516. The monoisotopic (exact) mass is 230 g/mol. The summed E-state index contributed by atoms with van der Waals surface area (Å²) in [7, 11) is 0. The molecule has 0 spiro atoms. The molecule has 0 aliphatic heterocycles. The number of ether oxygens (including phenoxy) is 1. The number of carbonyl (C=O) groups is 1. The van der Waals surface area contributed by atoms with Crippen molar-refractivity contribution in [1.29, 1.82) is 0 Å². The van der Waals surface area contributed by atoms with Crippen LogP contribution in [-0.2, 0) is 0 Å². The Kier molecular flexibility index (Phi) is 3.15. The highest BCUT2D eigenvalue weighted by atomic mass is 16.5. The Morgan fingerprint density at radius 3 is 2.82 bits per heavy atom. The number of primary amides is 1. The first-order valence-corrected chi connectivity index (χ1v) is 4.85. The van der Waals surface area contributed by atoms with Crippen molar-refractivity contribution >= 4 is 11.7 Å². The number of carbonyl (C=O) groups excluding carboxylic acids is 1. The lowest BCUT2D eigenvalue weighted by Crippen LogP contribution is -2.19. The molecule has 1 aromatic heterocycles. The summed E-state index contributed by atoms with van der Waals surface area (Å²) in [6.07, 6.45) is 4.53. The van der Waals surface area contributed by atoms with Crippen LogP contribution in [0.2, 0.25) is 0 Å². The number of amides is 2. The zero-order chi connectivity index (χ0) is 12.1. The van der Waals surface area contributed by atoms with Crippen molar-refractivity contribution in [2.45, 2.75) is 0 Å². The number of nitrogens with zero attached hydrogens (tertiary/aromatic N) is 2. The maximum absolute atomic E-state index is 10.8. The van der Waals surface area contributed by atoms with Crippen molar-refractivity contribution in [2.75, 3.05) is 5.32 Å². The second-order valence-corrected chi connectivity index (χ2v) is 3.13. The van der Waals surface area contributed by atoms with Gasteiger partial charge in [-0.15, -0.1) is 0 Å². The summed E-state index contributed by atoms with van der Waals surface area (Å²) in [6, 6.07) is 6.25. The minimum Gasteiger partial charge on any atom is -0.435 e. The molecule has 6 heteroatoms. The molecular formula is C11H10N4O2. The van der Waals surface area contributed by atoms with E-state index in [1.807, 2.05) is 0 Å². The third-order valence-corrected chi connectivity index (χ3v) is 1.90. The minimum atomic E-state index is -0.653. The van der Waals surface area contributed by atoms with Crippen LogP contribution < -0.4 is 15.8 Å². The van der Waals surface area contributed by atoms with E-state index in [2.05, 4.69) is 15.3 Å². The van der Waals surface area contributed by atoms with Crippen molar-refractivity contribution in [2.24, 2.45) is 5.73 Å². The number of benzene rings is 1. The third-order valence-electron chi connectivity index (χ3n) is 1.90. The summed E-state index contributed by atoms with van der Waals surface area (Å²) in [5.74, 6) is 0.790. The van der Waals surface area contributed by atoms with Gasteiger partial charge in [-0.1, -0.05) is 12.1 Å². The van der Waals surface area contributed by atoms with Gasteiger partial charge in [-0.3, -0.25) is 4.98 Å². The molecule has 0 bridgehead atoms. The molecule has 1 heterocycles. The molecule has 0 saturated carbocycles. The van der Waals surface area contributed by atoms with Crippen LogP contribution in [0.1, 0.15) is 0 Å². The molecule has 86 valence electrons. The molecular weight excluding hydrogens is 220 g/mol. The van der Waals surface area contributed by atoms with Gasteiger partial charge in [-0.05, 0) is 12.1 Å². The van der Waals surface area contributed by atoms with E-state index in [0.717, 1.165) is 0 Å². The fraction of sp³-hybridized carbons (Fsp3) is 0. The summed E-state index contributed by atoms with van der Waals surface area (Å²) in [6.45, 7) is 0. The van der Waals surface area contributed by atoms with E-state index in [0.29, 0.717) is 17.3 Å². The Hall–Kier alpha value is -2.63. The fourth-order valence-electron chi connectivity index (χ4n) is 1.24. The molecule has 0 saturated heterocycles. The van der Waals surface area contributed by atoms with Crippen LogP contribution >= 0.6 is 0 Å². The predicted molar refractivity (Wildman–Crippen MR) is 61.8 cm³/mol. The number of nitrogens with one attached hydrogen (secondary N) is 1. The molecule has 2 amide bonds. The van der Waals surface area contributed by atoms with E-state index < -0.39 is 6.03 Å². The fourth-order valence-corrected chi connectivity index (χ4v) is 1.24. The zero-order valence-corrected chi connectivity index (χ0v) is 8.83. The zero-order valence-electron chi connectivity index (χ0n) is 8.83. The molecule has 0 aliphatic rings. The molecule has 0 aliphatic carbocycles. The lowest BCUT2D eigenvalue weighted by molar-refractivity contribution is 0.259. The van der Waals surface area contributed by atoms with Crippen molar-refractivity contribution in [3.63, 3.8) is 0 Å². The van der Waals surface area contributed by atoms with Gasteiger partial charge in [0.2, 0.25) is 5.88 Å². The normalized spacial score (nSPS) is 9.65. The SMILES string of the molecule is NC(=O)Nc1ccccc1Oc1cnccn1. The molecule has 6 nitrogen and oxygen atoms in total. The average molecular weight is 230 g/mol. The van der Waals surface area contributed by atoms with Crippen LogP contribution in [0.3, 0.4) is 0 Å². The topological polar surface area (TPSA) is 90.1 Å². The van der Waals surface area contributed by atoms with E-state index in [1.165, 1.54) is 12.4 Å². The summed E-state index contributed by atoms with van der Waals surface area (Å²) >= 11 is 0. The van der Waals surface area contributed by atoms with Crippen LogP contribution in [0.4, 0.5) is 10.5 Å². The van der Waals surface area contributed by atoms with Crippen molar-refractivity contribution < 1.29 is 9.53 Å². The molecule has 0 radical (unpaired) electrons. The van der Waals surface area contributed by atoms with Gasteiger partial charge in [-0.25, -0.2) is 9.78 Å². The minimum absolute atomic E-state index is 0.339. The molecule has 0 atom stereocenters. The van der Waals surface area contributed by atoms with Gasteiger partial charge in [0.25, 0.3) is 0 Å². The second-order valence-electron chi connectivity index (χ2n) is 3.13. The van der Waals surface area contributed by atoms with Gasteiger partial charge >= 0.3 is 6.03 Å². The molecule has 0 unspecified atom stereocenters. The number of nitrogens with two attached hydrogens (primary N) is 1. The quantitative estimate of drug-likeness (QED) is 0.840. The molecule has 2 rings (SSSR count). The average Bonchev–Trinajstić information content (AvgIpc) is 2.32. The number of aromatic nitrogens is 2. The van der Waals surface area contributed by atoms with Crippen LogP contribution in [0.5, 0.6) is 11.6 Å². The largest absolute Gasteiger partial charge is 0.435 e.